The first-order chi connectivity index (χ1) is 22.6. The molecule has 0 aliphatic heterocycles. The number of methoxy groups -OCH3 is 1. The van der Waals surface area contributed by atoms with E-state index in [0.29, 0.717) is 16.3 Å². The second-order valence-electron chi connectivity index (χ2n) is 12.4. The molecule has 48 heavy (non-hydrogen) atoms. The van der Waals surface area contributed by atoms with Gasteiger partial charge in [0.05, 0.1) is 32.8 Å². The Kier molecular flexibility index (Phi) is 12.1. The van der Waals surface area contributed by atoms with Crippen molar-refractivity contribution in [3.63, 3.8) is 0 Å². The zero-order valence-electron chi connectivity index (χ0n) is 27.3. The molecule has 0 heterocycles. The number of aryl methyl sites for hydroxylation is 1. The molecule has 1 N–H and O–H groups in total. The van der Waals surface area contributed by atoms with E-state index < -0.39 is 40.0 Å². The minimum absolute atomic E-state index is 0.0183. The van der Waals surface area contributed by atoms with Crippen LogP contribution in [0.5, 0.6) is 5.75 Å². The fourth-order valence-electron chi connectivity index (χ4n) is 5.02. The number of hydrogen-bond donors (Lipinski definition) is 1. The first kappa shape index (κ1) is 37.1. The van der Waals surface area contributed by atoms with Gasteiger partial charge in [0.2, 0.25) is 11.8 Å². The van der Waals surface area contributed by atoms with Crippen LogP contribution in [0.25, 0.3) is 0 Å². The van der Waals surface area contributed by atoms with Crippen LogP contribution >= 0.6 is 34.8 Å². The molecular weight excluding hydrogens is 693 g/mol. The van der Waals surface area contributed by atoms with Gasteiger partial charge in [0.1, 0.15) is 18.3 Å². The fraction of sp³-hybridized carbons (Fsp3) is 0.278. The summed E-state index contributed by atoms with van der Waals surface area (Å²) in [6, 6.07) is 24.0. The highest BCUT2D eigenvalue weighted by Crippen LogP contribution is 2.33. The van der Waals surface area contributed by atoms with Crippen LogP contribution in [0.4, 0.5) is 5.69 Å². The van der Waals surface area contributed by atoms with Crippen molar-refractivity contribution in [3.05, 3.63) is 123 Å². The molecule has 0 aromatic heterocycles. The minimum atomic E-state index is -4.31. The van der Waals surface area contributed by atoms with E-state index in [4.69, 9.17) is 39.5 Å². The third kappa shape index (κ3) is 9.44. The van der Waals surface area contributed by atoms with Crippen LogP contribution < -0.4 is 14.4 Å². The molecule has 0 bridgehead atoms. The Morgan fingerprint density at radius 2 is 1.50 bits per heavy atom. The maximum absolute atomic E-state index is 14.6. The van der Waals surface area contributed by atoms with Crippen molar-refractivity contribution in [2.24, 2.45) is 0 Å². The molecule has 12 heteroatoms. The molecule has 4 aromatic carbocycles. The average Bonchev–Trinajstić information content (AvgIpc) is 3.02. The predicted molar refractivity (Wildman–Crippen MR) is 193 cm³/mol. The summed E-state index contributed by atoms with van der Waals surface area (Å²) in [5.74, 6) is -0.698. The standard InChI is InChI=1S/C36H38Cl3N3O5S/c1-24-11-15-28(16-12-24)48(45,46)42(27-14-18-33(47-5)31(39)21-27)23-34(43)41(22-26-13-17-29(37)30(38)19-26)32(35(44)40-36(2,3)4)20-25-9-7-6-8-10-25/h6-19,21,32H,20,22-23H2,1-5H3,(H,40,44). The summed E-state index contributed by atoms with van der Waals surface area (Å²) in [6.07, 6.45) is 0.162. The number of sulfonamides is 1. The van der Waals surface area contributed by atoms with Gasteiger partial charge in [-0.25, -0.2) is 8.42 Å². The molecule has 1 atom stereocenters. The Morgan fingerprint density at radius 1 is 0.833 bits per heavy atom. The van der Waals surface area contributed by atoms with Gasteiger partial charge in [0.15, 0.2) is 0 Å². The monoisotopic (exact) mass is 729 g/mol. The SMILES string of the molecule is COc1ccc(N(CC(=O)N(Cc2ccc(Cl)c(Cl)c2)C(Cc2ccccc2)C(=O)NC(C)(C)C)S(=O)(=O)c2ccc(C)cc2)cc1Cl. The number of ether oxygens (including phenoxy) is 1. The topological polar surface area (TPSA) is 96.0 Å². The van der Waals surface area contributed by atoms with Crippen LogP contribution in [0.15, 0.2) is 95.9 Å². The lowest BCUT2D eigenvalue weighted by atomic mass is 10.0. The molecule has 4 rings (SSSR count). The third-order valence-corrected chi connectivity index (χ3v) is 10.2. The fourth-order valence-corrected chi connectivity index (χ4v) is 7.00. The smallest absolute Gasteiger partial charge is 0.264 e. The molecule has 254 valence electrons. The minimum Gasteiger partial charge on any atom is -0.495 e. The van der Waals surface area contributed by atoms with E-state index in [-0.39, 0.29) is 33.6 Å². The number of anilines is 1. The summed E-state index contributed by atoms with van der Waals surface area (Å²) in [4.78, 5) is 30.0. The zero-order valence-corrected chi connectivity index (χ0v) is 30.4. The van der Waals surface area contributed by atoms with Crippen molar-refractivity contribution >= 4 is 62.3 Å². The molecular formula is C36H38Cl3N3O5S. The van der Waals surface area contributed by atoms with Crippen LogP contribution in [0.1, 0.15) is 37.5 Å². The molecule has 8 nitrogen and oxygen atoms in total. The van der Waals surface area contributed by atoms with E-state index in [0.717, 1.165) is 15.4 Å². The van der Waals surface area contributed by atoms with Crippen molar-refractivity contribution < 1.29 is 22.7 Å². The van der Waals surface area contributed by atoms with E-state index >= 15 is 0 Å². The first-order valence-corrected chi connectivity index (χ1v) is 17.7. The van der Waals surface area contributed by atoms with Crippen molar-refractivity contribution in [1.82, 2.24) is 10.2 Å². The molecule has 0 fully saturated rings. The molecule has 1 unspecified atom stereocenters. The largest absolute Gasteiger partial charge is 0.495 e. The number of benzene rings is 4. The number of carbonyl (C=O) groups is 2. The Balaban J connectivity index is 1.86. The zero-order chi connectivity index (χ0) is 35.2. The summed E-state index contributed by atoms with van der Waals surface area (Å²) in [5, 5.41) is 3.77. The lowest BCUT2D eigenvalue weighted by Crippen LogP contribution is -2.56. The van der Waals surface area contributed by atoms with Gasteiger partial charge >= 0.3 is 0 Å². The number of hydrogen-bond acceptors (Lipinski definition) is 5. The Labute approximate surface area is 297 Å². The lowest BCUT2D eigenvalue weighted by molar-refractivity contribution is -0.140. The van der Waals surface area contributed by atoms with Crippen LogP contribution in [0.3, 0.4) is 0 Å². The summed E-state index contributed by atoms with van der Waals surface area (Å²) in [7, 11) is -2.86. The van der Waals surface area contributed by atoms with Crippen LogP contribution in [0, 0.1) is 6.92 Å². The maximum Gasteiger partial charge on any atom is 0.264 e. The number of amides is 2. The Hall–Kier alpha value is -3.76. The Bertz CT molecular complexity index is 1860. The van der Waals surface area contributed by atoms with Gasteiger partial charge in [-0.2, -0.15) is 0 Å². The molecule has 0 spiro atoms. The summed E-state index contributed by atoms with van der Waals surface area (Å²) >= 11 is 19.0. The number of rotatable bonds is 12. The van der Waals surface area contributed by atoms with E-state index in [1.165, 1.54) is 42.3 Å². The molecule has 2 amide bonds. The van der Waals surface area contributed by atoms with Gasteiger partial charge in [-0.3, -0.25) is 13.9 Å². The molecule has 0 aliphatic rings. The quantitative estimate of drug-likeness (QED) is 0.161. The highest BCUT2D eigenvalue weighted by atomic mass is 35.5. The van der Waals surface area contributed by atoms with E-state index in [9.17, 15) is 18.0 Å². The van der Waals surface area contributed by atoms with Gasteiger partial charge in [0, 0.05) is 18.5 Å². The van der Waals surface area contributed by atoms with Gasteiger partial charge in [-0.15, -0.1) is 0 Å². The van der Waals surface area contributed by atoms with Gasteiger partial charge in [-0.1, -0.05) is 88.9 Å². The van der Waals surface area contributed by atoms with Crippen molar-refractivity contribution in [2.45, 2.75) is 57.1 Å². The molecule has 0 aliphatic carbocycles. The van der Waals surface area contributed by atoms with Crippen LogP contribution in [-0.4, -0.2) is 50.4 Å². The number of halogens is 3. The molecule has 0 saturated heterocycles. The van der Waals surface area contributed by atoms with Gasteiger partial charge in [-0.05, 0) is 81.3 Å². The summed E-state index contributed by atoms with van der Waals surface area (Å²) < 4.78 is 34.8. The summed E-state index contributed by atoms with van der Waals surface area (Å²) in [6.45, 7) is 6.68. The normalized spacial score (nSPS) is 12.2. The second-order valence-corrected chi connectivity index (χ2v) is 15.4. The van der Waals surface area contributed by atoms with Gasteiger partial charge in [0.25, 0.3) is 10.0 Å². The number of nitrogens with one attached hydrogen (secondary N) is 1. The first-order valence-electron chi connectivity index (χ1n) is 15.1. The van der Waals surface area contributed by atoms with Crippen molar-refractivity contribution in [3.8, 4) is 5.75 Å². The van der Waals surface area contributed by atoms with Gasteiger partial charge < -0.3 is 15.0 Å². The third-order valence-electron chi connectivity index (χ3n) is 7.42. The number of carbonyl (C=O) groups excluding carboxylic acids is 2. The highest BCUT2D eigenvalue weighted by molar-refractivity contribution is 7.92. The summed E-state index contributed by atoms with van der Waals surface area (Å²) in [5.41, 5.74) is 1.79. The van der Waals surface area contributed by atoms with Crippen LogP contribution in [0.2, 0.25) is 15.1 Å². The Morgan fingerprint density at radius 3 is 2.08 bits per heavy atom. The van der Waals surface area contributed by atoms with E-state index in [1.807, 2.05) is 58.0 Å². The van der Waals surface area contributed by atoms with Crippen LogP contribution in [-0.2, 0) is 32.6 Å². The highest BCUT2D eigenvalue weighted by Gasteiger charge is 2.36. The van der Waals surface area contributed by atoms with Crippen molar-refractivity contribution in [1.29, 1.82) is 0 Å². The molecule has 4 aromatic rings. The second kappa shape index (κ2) is 15.6. The molecule has 0 radical (unpaired) electrons. The molecule has 0 saturated carbocycles. The number of nitrogens with zero attached hydrogens (tertiary/aromatic N) is 2. The lowest BCUT2D eigenvalue weighted by Gasteiger charge is -2.35. The van der Waals surface area contributed by atoms with Crippen molar-refractivity contribution in [2.75, 3.05) is 18.0 Å². The van der Waals surface area contributed by atoms with E-state index in [1.54, 1.807) is 30.3 Å². The van der Waals surface area contributed by atoms with E-state index in [2.05, 4.69) is 5.32 Å². The average molecular weight is 731 g/mol. The maximum atomic E-state index is 14.6. The predicted octanol–water partition coefficient (Wildman–Crippen LogP) is 7.71.